The van der Waals surface area contributed by atoms with Crippen molar-refractivity contribution in [1.29, 1.82) is 0 Å². The zero-order valence-corrected chi connectivity index (χ0v) is 11.6. The quantitative estimate of drug-likeness (QED) is 0.889. The smallest absolute Gasteiger partial charge is 0.322 e. The van der Waals surface area contributed by atoms with Gasteiger partial charge in [-0.15, -0.1) is 0 Å². The van der Waals surface area contributed by atoms with Crippen molar-refractivity contribution in [3.63, 3.8) is 0 Å². The van der Waals surface area contributed by atoms with Crippen molar-refractivity contribution in [1.82, 2.24) is 4.90 Å². The number of rotatable bonds is 4. The van der Waals surface area contributed by atoms with Crippen LogP contribution in [0.5, 0.6) is 0 Å². The van der Waals surface area contributed by atoms with E-state index in [0.29, 0.717) is 0 Å². The first-order valence-electron chi connectivity index (χ1n) is 5.86. The van der Waals surface area contributed by atoms with Gasteiger partial charge in [-0.2, -0.15) is 0 Å². The summed E-state index contributed by atoms with van der Waals surface area (Å²) in [6, 6.07) is 1.60. The van der Waals surface area contributed by atoms with E-state index in [1.165, 1.54) is 4.90 Å². The second-order valence-corrected chi connectivity index (χ2v) is 5.24. The van der Waals surface area contributed by atoms with Gasteiger partial charge in [-0.05, 0) is 25.0 Å². The van der Waals surface area contributed by atoms with E-state index in [9.17, 15) is 13.6 Å². The van der Waals surface area contributed by atoms with Crippen LogP contribution >= 0.6 is 15.9 Å². The Kier molecular flexibility index (Phi) is 4.36. The Bertz CT molecular complexity index is 472. The first kappa shape index (κ1) is 14.2. The number of nitrogens with zero attached hydrogens (tertiary/aromatic N) is 1. The number of hydrogen-bond donors (Lipinski definition) is 2. The highest BCUT2D eigenvalue weighted by Crippen LogP contribution is 2.28. The maximum atomic E-state index is 13.6. The molecule has 1 saturated carbocycles. The number of nitrogens with one attached hydrogen (secondary N) is 1. The lowest BCUT2D eigenvalue weighted by Gasteiger charge is -2.22. The molecule has 104 valence electrons. The number of carbonyl (C=O) groups is 1. The lowest BCUT2D eigenvalue weighted by Crippen LogP contribution is -2.39. The van der Waals surface area contributed by atoms with Crippen LogP contribution in [0.25, 0.3) is 0 Å². The predicted molar refractivity (Wildman–Crippen MR) is 69.9 cm³/mol. The molecule has 1 aliphatic rings. The van der Waals surface area contributed by atoms with Crippen LogP contribution in [0.3, 0.4) is 0 Å². The fourth-order valence-corrected chi connectivity index (χ4v) is 2.19. The van der Waals surface area contributed by atoms with Gasteiger partial charge >= 0.3 is 6.03 Å². The molecule has 0 heterocycles. The van der Waals surface area contributed by atoms with E-state index in [-0.39, 0.29) is 23.7 Å². The van der Waals surface area contributed by atoms with Gasteiger partial charge < -0.3 is 15.3 Å². The highest BCUT2D eigenvalue weighted by molar-refractivity contribution is 9.10. The predicted octanol–water partition coefficient (Wildman–Crippen LogP) is 2.72. The van der Waals surface area contributed by atoms with Crippen LogP contribution in [-0.4, -0.2) is 35.2 Å². The molecule has 4 nitrogen and oxygen atoms in total. The van der Waals surface area contributed by atoms with Crippen molar-refractivity contribution < 1.29 is 18.7 Å². The molecule has 2 amide bonds. The third-order valence-corrected chi connectivity index (χ3v) is 3.29. The molecule has 1 aromatic carbocycles. The molecule has 0 atom stereocenters. The Morgan fingerprint density at radius 2 is 2.00 bits per heavy atom. The molecule has 1 fully saturated rings. The van der Waals surface area contributed by atoms with Crippen molar-refractivity contribution >= 4 is 27.6 Å². The van der Waals surface area contributed by atoms with E-state index in [1.54, 1.807) is 0 Å². The lowest BCUT2D eigenvalue weighted by atomic mass is 10.3. The number of aliphatic hydroxyl groups excluding tert-OH is 1. The van der Waals surface area contributed by atoms with Crippen molar-refractivity contribution in [3.8, 4) is 0 Å². The molecule has 0 aliphatic heterocycles. The minimum atomic E-state index is -0.847. The van der Waals surface area contributed by atoms with Crippen molar-refractivity contribution in [3.05, 3.63) is 28.2 Å². The summed E-state index contributed by atoms with van der Waals surface area (Å²) in [7, 11) is 0. The van der Waals surface area contributed by atoms with E-state index in [0.717, 1.165) is 25.0 Å². The summed E-state index contributed by atoms with van der Waals surface area (Å²) in [4.78, 5) is 13.3. The number of benzene rings is 1. The molecule has 0 unspecified atom stereocenters. The largest absolute Gasteiger partial charge is 0.395 e. The summed E-state index contributed by atoms with van der Waals surface area (Å²) >= 11 is 2.96. The zero-order valence-electron chi connectivity index (χ0n) is 10.00. The Hall–Kier alpha value is -1.21. The second kappa shape index (κ2) is 5.83. The van der Waals surface area contributed by atoms with Crippen LogP contribution in [0.4, 0.5) is 19.3 Å². The van der Waals surface area contributed by atoms with E-state index in [2.05, 4.69) is 21.2 Å². The zero-order chi connectivity index (χ0) is 14.0. The topological polar surface area (TPSA) is 52.6 Å². The number of anilines is 1. The number of hydrogen-bond acceptors (Lipinski definition) is 2. The normalized spacial score (nSPS) is 14.3. The summed E-state index contributed by atoms with van der Waals surface area (Å²) in [5.74, 6) is -1.69. The van der Waals surface area contributed by atoms with Gasteiger partial charge in [-0.25, -0.2) is 13.6 Å². The molecule has 2 rings (SSSR count). The third-order valence-electron chi connectivity index (χ3n) is 2.83. The Labute approximate surface area is 117 Å². The van der Waals surface area contributed by atoms with Crippen LogP contribution < -0.4 is 5.32 Å². The molecule has 0 radical (unpaired) electrons. The van der Waals surface area contributed by atoms with Crippen LogP contribution in [0.15, 0.2) is 16.6 Å². The van der Waals surface area contributed by atoms with Crippen LogP contribution in [-0.2, 0) is 0 Å². The van der Waals surface area contributed by atoms with E-state index < -0.39 is 23.4 Å². The molecule has 19 heavy (non-hydrogen) atoms. The number of amides is 2. The molecular formula is C12H13BrF2N2O2. The minimum Gasteiger partial charge on any atom is -0.395 e. The van der Waals surface area contributed by atoms with E-state index in [1.807, 2.05) is 0 Å². The van der Waals surface area contributed by atoms with Gasteiger partial charge in [0.1, 0.15) is 5.69 Å². The third kappa shape index (κ3) is 3.42. The van der Waals surface area contributed by atoms with Crippen LogP contribution in [0, 0.1) is 11.6 Å². The first-order chi connectivity index (χ1) is 9.02. The summed E-state index contributed by atoms with van der Waals surface area (Å²) in [6.07, 6.45) is 1.69. The number of aliphatic hydroxyl groups is 1. The van der Waals surface area contributed by atoms with Crippen molar-refractivity contribution in [2.45, 2.75) is 18.9 Å². The van der Waals surface area contributed by atoms with Crippen molar-refractivity contribution in [2.75, 3.05) is 18.5 Å². The minimum absolute atomic E-state index is 0.0497. The average molecular weight is 335 g/mol. The maximum absolute atomic E-state index is 13.6. The Balaban J connectivity index is 2.13. The van der Waals surface area contributed by atoms with Gasteiger partial charge in [-0.1, -0.05) is 15.9 Å². The number of halogens is 3. The van der Waals surface area contributed by atoms with Gasteiger partial charge in [0, 0.05) is 17.1 Å². The fraction of sp³-hybridized carbons (Fsp3) is 0.417. The molecule has 2 N–H and O–H groups in total. The van der Waals surface area contributed by atoms with E-state index >= 15 is 0 Å². The Morgan fingerprint density at radius 1 is 1.42 bits per heavy atom. The standard InChI is InChI=1S/C12H13BrF2N2O2/c13-7-5-9(14)11(10(15)6-7)16-12(19)17(3-4-18)8-1-2-8/h5-6,8,18H,1-4H2,(H,16,19). The van der Waals surface area contributed by atoms with Crippen molar-refractivity contribution in [2.24, 2.45) is 0 Å². The molecule has 1 aliphatic carbocycles. The monoisotopic (exact) mass is 334 g/mol. The number of carbonyl (C=O) groups excluding carboxylic acids is 1. The molecule has 0 aromatic heterocycles. The van der Waals surface area contributed by atoms with E-state index in [4.69, 9.17) is 5.11 Å². The summed E-state index contributed by atoms with van der Waals surface area (Å²) in [5, 5.41) is 11.1. The maximum Gasteiger partial charge on any atom is 0.322 e. The summed E-state index contributed by atoms with van der Waals surface area (Å²) in [6.45, 7) is -0.0362. The molecule has 0 spiro atoms. The molecule has 1 aromatic rings. The van der Waals surface area contributed by atoms with Crippen LogP contribution in [0.2, 0.25) is 0 Å². The first-order valence-corrected chi connectivity index (χ1v) is 6.65. The average Bonchev–Trinajstić information content (AvgIpc) is 3.14. The van der Waals surface area contributed by atoms with Gasteiger partial charge in [-0.3, -0.25) is 0 Å². The van der Waals surface area contributed by atoms with Gasteiger partial charge in [0.2, 0.25) is 0 Å². The lowest BCUT2D eigenvalue weighted by molar-refractivity contribution is 0.185. The molecule has 0 bridgehead atoms. The highest BCUT2D eigenvalue weighted by atomic mass is 79.9. The Morgan fingerprint density at radius 3 is 2.47 bits per heavy atom. The van der Waals surface area contributed by atoms with Crippen LogP contribution in [0.1, 0.15) is 12.8 Å². The van der Waals surface area contributed by atoms with Gasteiger partial charge in [0.05, 0.1) is 6.61 Å². The molecule has 0 saturated heterocycles. The summed E-state index contributed by atoms with van der Waals surface area (Å²) in [5.41, 5.74) is -0.475. The van der Waals surface area contributed by atoms with Gasteiger partial charge in [0.25, 0.3) is 0 Å². The second-order valence-electron chi connectivity index (χ2n) is 4.32. The summed E-state index contributed by atoms with van der Waals surface area (Å²) < 4.78 is 27.4. The SMILES string of the molecule is O=C(Nc1c(F)cc(Br)cc1F)N(CCO)C1CC1. The molecule has 7 heteroatoms. The number of urea groups is 1. The molecular weight excluding hydrogens is 322 g/mol. The highest BCUT2D eigenvalue weighted by Gasteiger charge is 2.32. The van der Waals surface area contributed by atoms with Gasteiger partial charge in [0.15, 0.2) is 11.6 Å². The fourth-order valence-electron chi connectivity index (χ4n) is 1.78.